The van der Waals surface area contributed by atoms with Gasteiger partial charge in [-0.15, -0.1) is 0 Å². The van der Waals surface area contributed by atoms with Gasteiger partial charge in [-0.3, -0.25) is 24.6 Å². The molecule has 0 aliphatic rings. The average molecular weight is 343 g/mol. The number of phenols is 1. The molecule has 2 heterocycles. The van der Waals surface area contributed by atoms with Gasteiger partial charge in [0.05, 0.1) is 25.4 Å². The SMILES string of the molecule is COC(=O)c1ccc(Cn2ncc3nc(NC=O)[nH]c(=O)c32)c(O)c1. The zero-order valence-electron chi connectivity index (χ0n) is 13.0. The minimum absolute atomic E-state index is 0.0114. The lowest BCUT2D eigenvalue weighted by molar-refractivity contribution is -0.105. The topological polar surface area (TPSA) is 139 Å². The lowest BCUT2D eigenvalue weighted by atomic mass is 10.1. The Morgan fingerprint density at radius 3 is 2.96 bits per heavy atom. The van der Waals surface area contributed by atoms with E-state index in [9.17, 15) is 19.5 Å². The predicted molar refractivity (Wildman–Crippen MR) is 86.4 cm³/mol. The first kappa shape index (κ1) is 16.2. The Hall–Kier alpha value is -3.69. The number of aromatic nitrogens is 4. The van der Waals surface area contributed by atoms with E-state index in [1.807, 2.05) is 0 Å². The summed E-state index contributed by atoms with van der Waals surface area (Å²) < 4.78 is 5.95. The molecule has 0 aliphatic carbocycles. The monoisotopic (exact) mass is 343 g/mol. The smallest absolute Gasteiger partial charge is 0.337 e. The first-order valence-corrected chi connectivity index (χ1v) is 7.09. The molecule has 0 fully saturated rings. The van der Waals surface area contributed by atoms with Gasteiger partial charge in [0.15, 0.2) is 5.52 Å². The van der Waals surface area contributed by atoms with E-state index < -0.39 is 11.5 Å². The molecule has 1 aromatic carbocycles. The molecule has 3 rings (SSSR count). The van der Waals surface area contributed by atoms with Crippen molar-refractivity contribution in [1.82, 2.24) is 19.7 Å². The van der Waals surface area contributed by atoms with Crippen molar-refractivity contribution in [2.45, 2.75) is 6.54 Å². The first-order valence-electron chi connectivity index (χ1n) is 7.09. The zero-order valence-corrected chi connectivity index (χ0v) is 13.0. The maximum atomic E-state index is 12.2. The molecule has 0 spiro atoms. The number of H-pyrrole nitrogens is 1. The van der Waals surface area contributed by atoms with Gasteiger partial charge in [0.2, 0.25) is 12.4 Å². The summed E-state index contributed by atoms with van der Waals surface area (Å²) in [5, 5.41) is 16.4. The number of hydrogen-bond donors (Lipinski definition) is 3. The van der Waals surface area contributed by atoms with E-state index in [0.717, 1.165) is 0 Å². The van der Waals surface area contributed by atoms with Gasteiger partial charge in [-0.25, -0.2) is 9.78 Å². The second-order valence-electron chi connectivity index (χ2n) is 5.05. The molecule has 128 valence electrons. The molecule has 0 saturated heterocycles. The van der Waals surface area contributed by atoms with Crippen LogP contribution in [0.1, 0.15) is 15.9 Å². The number of hydrogen-bond acceptors (Lipinski definition) is 7. The predicted octanol–water partition coefficient (Wildman–Crippen LogP) is 0.228. The summed E-state index contributed by atoms with van der Waals surface area (Å²) in [5.41, 5.74) is 0.648. The number of methoxy groups -OCH3 is 1. The molecule has 0 atom stereocenters. The molecule has 2 aromatic heterocycles. The maximum Gasteiger partial charge on any atom is 0.337 e. The number of anilines is 1. The van der Waals surface area contributed by atoms with Crippen molar-refractivity contribution in [3.63, 3.8) is 0 Å². The average Bonchev–Trinajstić information content (AvgIpc) is 2.99. The number of carbonyl (C=O) groups excluding carboxylic acids is 2. The van der Waals surface area contributed by atoms with Crippen molar-refractivity contribution < 1.29 is 19.4 Å². The number of phenolic OH excluding ortho intramolecular Hbond substituents is 1. The molecule has 0 unspecified atom stereocenters. The van der Waals surface area contributed by atoms with E-state index in [1.54, 1.807) is 6.07 Å². The first-order chi connectivity index (χ1) is 12.0. The number of rotatable bonds is 5. The fourth-order valence-electron chi connectivity index (χ4n) is 2.35. The van der Waals surface area contributed by atoms with Crippen LogP contribution in [0, 0.1) is 0 Å². The van der Waals surface area contributed by atoms with Gasteiger partial charge in [-0.2, -0.15) is 5.10 Å². The van der Waals surface area contributed by atoms with Crippen LogP contribution in [0.4, 0.5) is 5.95 Å². The molecule has 25 heavy (non-hydrogen) atoms. The lowest BCUT2D eigenvalue weighted by Crippen LogP contribution is -2.16. The highest BCUT2D eigenvalue weighted by Crippen LogP contribution is 2.21. The van der Waals surface area contributed by atoms with Crippen molar-refractivity contribution >= 4 is 29.4 Å². The summed E-state index contributed by atoms with van der Waals surface area (Å²) in [7, 11) is 1.25. The molecule has 0 radical (unpaired) electrons. The molecule has 0 aliphatic heterocycles. The number of aromatic hydroxyl groups is 1. The van der Waals surface area contributed by atoms with Gasteiger partial charge in [0.25, 0.3) is 5.56 Å². The number of fused-ring (bicyclic) bond motifs is 1. The summed E-state index contributed by atoms with van der Waals surface area (Å²) in [4.78, 5) is 40.6. The van der Waals surface area contributed by atoms with Gasteiger partial charge >= 0.3 is 5.97 Å². The number of esters is 1. The van der Waals surface area contributed by atoms with E-state index in [2.05, 4.69) is 25.1 Å². The fourth-order valence-corrected chi connectivity index (χ4v) is 2.35. The third kappa shape index (κ3) is 3.04. The summed E-state index contributed by atoms with van der Waals surface area (Å²) in [6.45, 7) is 0.0853. The van der Waals surface area contributed by atoms with Crippen LogP contribution >= 0.6 is 0 Å². The van der Waals surface area contributed by atoms with Gasteiger partial charge in [-0.05, 0) is 12.1 Å². The van der Waals surface area contributed by atoms with Crippen LogP contribution in [0.25, 0.3) is 11.0 Å². The van der Waals surface area contributed by atoms with Gasteiger partial charge in [-0.1, -0.05) is 6.07 Å². The van der Waals surface area contributed by atoms with Crippen LogP contribution in [0.5, 0.6) is 5.75 Å². The van der Waals surface area contributed by atoms with Crippen LogP contribution in [-0.4, -0.2) is 44.3 Å². The molecule has 3 N–H and O–H groups in total. The van der Waals surface area contributed by atoms with Crippen molar-refractivity contribution in [3.8, 4) is 5.75 Å². The zero-order chi connectivity index (χ0) is 18.0. The molecule has 10 nitrogen and oxygen atoms in total. The standard InChI is InChI=1S/C15H13N5O5/c1-25-14(24)8-2-3-9(11(22)4-8)6-20-12-10(5-17-20)18-15(16-7-21)19-13(12)23/h2-5,7,22H,6H2,1H3,(H2,16,18,19,21,23). The van der Waals surface area contributed by atoms with Crippen LogP contribution in [0.3, 0.4) is 0 Å². The Morgan fingerprint density at radius 1 is 1.48 bits per heavy atom. The highest BCUT2D eigenvalue weighted by molar-refractivity contribution is 5.89. The fraction of sp³-hybridized carbons (Fsp3) is 0.133. The minimum atomic E-state index is -0.567. The van der Waals surface area contributed by atoms with E-state index in [4.69, 9.17) is 0 Å². The van der Waals surface area contributed by atoms with Crippen molar-refractivity contribution in [3.05, 3.63) is 45.9 Å². The Kier molecular flexibility index (Phi) is 4.16. The highest BCUT2D eigenvalue weighted by atomic mass is 16.5. The second kappa shape index (κ2) is 6.43. The van der Waals surface area contributed by atoms with Crippen LogP contribution in [-0.2, 0) is 16.1 Å². The van der Waals surface area contributed by atoms with Gasteiger partial charge < -0.3 is 9.84 Å². The van der Waals surface area contributed by atoms with E-state index in [-0.39, 0.29) is 29.3 Å². The molecule has 10 heteroatoms. The summed E-state index contributed by atoms with van der Waals surface area (Å²) in [6.07, 6.45) is 1.77. The van der Waals surface area contributed by atoms with Gasteiger partial charge in [0, 0.05) is 5.56 Å². The third-order valence-electron chi connectivity index (χ3n) is 3.52. The quantitative estimate of drug-likeness (QED) is 0.445. The highest BCUT2D eigenvalue weighted by Gasteiger charge is 2.14. The van der Waals surface area contributed by atoms with Crippen LogP contribution in [0.2, 0.25) is 0 Å². The maximum absolute atomic E-state index is 12.2. The molecule has 3 aromatic rings. The second-order valence-corrected chi connectivity index (χ2v) is 5.05. The number of benzene rings is 1. The molecular formula is C15H13N5O5. The Balaban J connectivity index is 1.97. The summed E-state index contributed by atoms with van der Waals surface area (Å²) in [6, 6.07) is 4.32. The molecule has 0 saturated carbocycles. The van der Waals surface area contributed by atoms with Crippen molar-refractivity contribution in [2.24, 2.45) is 0 Å². The van der Waals surface area contributed by atoms with Crippen LogP contribution in [0.15, 0.2) is 29.2 Å². The Morgan fingerprint density at radius 2 is 2.28 bits per heavy atom. The van der Waals surface area contributed by atoms with Gasteiger partial charge in [0.1, 0.15) is 11.3 Å². The van der Waals surface area contributed by atoms with E-state index in [0.29, 0.717) is 17.5 Å². The number of ether oxygens (including phenoxy) is 1. The third-order valence-corrected chi connectivity index (χ3v) is 3.52. The molecule has 0 bridgehead atoms. The molecular weight excluding hydrogens is 330 g/mol. The van der Waals surface area contributed by atoms with Crippen molar-refractivity contribution in [2.75, 3.05) is 12.4 Å². The lowest BCUT2D eigenvalue weighted by Gasteiger charge is -2.07. The number of aromatic amines is 1. The van der Waals surface area contributed by atoms with E-state index >= 15 is 0 Å². The van der Waals surface area contributed by atoms with Crippen molar-refractivity contribution in [1.29, 1.82) is 0 Å². The Bertz CT molecular complexity index is 1020. The van der Waals surface area contributed by atoms with Crippen LogP contribution < -0.4 is 10.9 Å². The number of nitrogens with zero attached hydrogens (tertiary/aromatic N) is 3. The number of nitrogens with one attached hydrogen (secondary N) is 2. The minimum Gasteiger partial charge on any atom is -0.508 e. The van der Waals surface area contributed by atoms with E-state index in [1.165, 1.54) is 30.1 Å². The number of carbonyl (C=O) groups is 2. The normalized spacial score (nSPS) is 10.6. The number of amides is 1. The largest absolute Gasteiger partial charge is 0.508 e. The summed E-state index contributed by atoms with van der Waals surface area (Å²) >= 11 is 0. The Labute approximate surface area is 140 Å². The molecule has 1 amide bonds. The summed E-state index contributed by atoms with van der Waals surface area (Å²) in [5.74, 6) is -0.685.